The van der Waals surface area contributed by atoms with Crippen molar-refractivity contribution in [1.29, 1.82) is 0 Å². The molecule has 1 aliphatic rings. The number of hydrogen-bond acceptors (Lipinski definition) is 1. The summed E-state index contributed by atoms with van der Waals surface area (Å²) in [6.45, 7) is 4.44. The van der Waals surface area contributed by atoms with Gasteiger partial charge in [0.15, 0.2) is 0 Å². The molecule has 1 saturated heterocycles. The van der Waals surface area contributed by atoms with Crippen molar-refractivity contribution in [2.24, 2.45) is 0 Å². The molecule has 2 atom stereocenters. The first-order valence-corrected chi connectivity index (χ1v) is 6.72. The summed E-state index contributed by atoms with van der Waals surface area (Å²) in [6.07, 6.45) is 2.25. The van der Waals surface area contributed by atoms with Gasteiger partial charge in [-0.1, -0.05) is 46.8 Å². The molecule has 0 bridgehead atoms. The first kappa shape index (κ1) is 11.2. The zero-order valence-corrected chi connectivity index (χ0v) is 10.4. The van der Waals surface area contributed by atoms with Gasteiger partial charge in [0.2, 0.25) is 0 Å². The standard InChI is InChI=1S/C12H17BNP/c1-9(2)10-5-3-4-6-11(10)12(13)7-8-15-14-12/h3-6,9,14-15H,7-8H2,1-2H3. The first-order valence-electron chi connectivity index (χ1n) is 5.52. The monoisotopic (exact) mass is 217 g/mol. The van der Waals surface area contributed by atoms with Crippen molar-refractivity contribution in [3.63, 3.8) is 0 Å². The minimum atomic E-state index is -0.278. The first-order chi connectivity index (χ1) is 7.13. The molecule has 2 radical (unpaired) electrons. The molecular weight excluding hydrogens is 200 g/mol. The SMILES string of the molecule is [B]C1(c2ccccc2C(C)C)CCPN1. The quantitative estimate of drug-likeness (QED) is 0.593. The van der Waals surface area contributed by atoms with Gasteiger partial charge in [-0.05, 0) is 29.6 Å². The predicted octanol–water partition coefficient (Wildman–Crippen LogP) is 2.72. The highest BCUT2D eigenvalue weighted by Gasteiger charge is 2.31. The van der Waals surface area contributed by atoms with E-state index in [9.17, 15) is 0 Å². The van der Waals surface area contributed by atoms with Crippen LogP contribution in [0.2, 0.25) is 0 Å². The van der Waals surface area contributed by atoms with Gasteiger partial charge in [-0.3, -0.25) is 5.09 Å². The Bertz CT molecular complexity index is 345. The molecule has 3 heteroatoms. The van der Waals surface area contributed by atoms with E-state index in [0.29, 0.717) is 5.92 Å². The van der Waals surface area contributed by atoms with E-state index in [0.717, 1.165) is 15.2 Å². The molecule has 2 rings (SSSR count). The molecule has 15 heavy (non-hydrogen) atoms. The third-order valence-corrected chi connectivity index (χ3v) is 4.14. The maximum Gasteiger partial charge on any atom is 0.102 e. The Labute approximate surface area is 95.3 Å². The molecular formula is C12H17BNP. The lowest BCUT2D eigenvalue weighted by atomic mass is 9.68. The van der Waals surface area contributed by atoms with Crippen LogP contribution < -0.4 is 5.09 Å². The fourth-order valence-electron chi connectivity index (χ4n) is 2.15. The zero-order valence-electron chi connectivity index (χ0n) is 9.38. The summed E-state index contributed by atoms with van der Waals surface area (Å²) in [7, 11) is 7.22. The normalized spacial score (nSPS) is 27.7. The van der Waals surface area contributed by atoms with Crippen molar-refractivity contribution < 1.29 is 0 Å². The minimum Gasteiger partial charge on any atom is -0.297 e. The van der Waals surface area contributed by atoms with Crippen LogP contribution >= 0.6 is 8.73 Å². The van der Waals surface area contributed by atoms with Gasteiger partial charge < -0.3 is 0 Å². The van der Waals surface area contributed by atoms with Crippen LogP contribution in [0.3, 0.4) is 0 Å². The van der Waals surface area contributed by atoms with E-state index in [1.165, 1.54) is 17.3 Å². The van der Waals surface area contributed by atoms with Crippen LogP contribution in [0.4, 0.5) is 0 Å². The summed E-state index contributed by atoms with van der Waals surface area (Å²) in [5.41, 5.74) is 2.38. The second-order valence-corrected chi connectivity index (χ2v) is 5.62. The molecule has 1 aromatic rings. The molecule has 1 N–H and O–H groups in total. The number of benzene rings is 1. The lowest BCUT2D eigenvalue weighted by Crippen LogP contribution is -2.35. The van der Waals surface area contributed by atoms with Crippen LogP contribution in [0.1, 0.15) is 37.3 Å². The van der Waals surface area contributed by atoms with Crippen molar-refractivity contribution in [2.75, 3.05) is 6.16 Å². The molecule has 0 aliphatic carbocycles. The second-order valence-electron chi connectivity index (χ2n) is 4.52. The molecule has 1 heterocycles. The van der Waals surface area contributed by atoms with Gasteiger partial charge in [0, 0.05) is 5.44 Å². The van der Waals surface area contributed by atoms with E-state index in [2.05, 4.69) is 43.2 Å². The fourth-order valence-corrected chi connectivity index (χ4v) is 3.37. The van der Waals surface area contributed by atoms with E-state index >= 15 is 0 Å². The van der Waals surface area contributed by atoms with Gasteiger partial charge in [0.05, 0.1) is 0 Å². The van der Waals surface area contributed by atoms with Crippen LogP contribution in [-0.2, 0) is 5.44 Å². The van der Waals surface area contributed by atoms with Gasteiger partial charge >= 0.3 is 0 Å². The van der Waals surface area contributed by atoms with E-state index in [-0.39, 0.29) is 5.44 Å². The molecule has 0 amide bonds. The topological polar surface area (TPSA) is 12.0 Å². The number of nitrogens with one attached hydrogen (secondary N) is 1. The van der Waals surface area contributed by atoms with Crippen molar-refractivity contribution in [3.05, 3.63) is 35.4 Å². The zero-order chi connectivity index (χ0) is 10.9. The second kappa shape index (κ2) is 4.27. The summed E-state index contributed by atoms with van der Waals surface area (Å²) < 4.78 is 0. The Morgan fingerprint density at radius 2 is 2.13 bits per heavy atom. The van der Waals surface area contributed by atoms with E-state index in [1.807, 2.05) is 0 Å². The lowest BCUT2D eigenvalue weighted by molar-refractivity contribution is 0.592. The van der Waals surface area contributed by atoms with Crippen LogP contribution in [0.15, 0.2) is 24.3 Å². The molecule has 0 spiro atoms. The van der Waals surface area contributed by atoms with Gasteiger partial charge in [0.25, 0.3) is 0 Å². The highest BCUT2D eigenvalue weighted by atomic mass is 31.1. The summed E-state index contributed by atoms with van der Waals surface area (Å²) >= 11 is 0. The third-order valence-electron chi connectivity index (χ3n) is 3.02. The van der Waals surface area contributed by atoms with Crippen LogP contribution in [-0.4, -0.2) is 14.0 Å². The third kappa shape index (κ3) is 2.12. The molecule has 0 saturated carbocycles. The molecule has 2 unspecified atom stereocenters. The minimum absolute atomic E-state index is 0.278. The van der Waals surface area contributed by atoms with Gasteiger partial charge in [-0.25, -0.2) is 0 Å². The van der Waals surface area contributed by atoms with Gasteiger partial charge in [0.1, 0.15) is 7.85 Å². The molecule has 0 aromatic heterocycles. The van der Waals surface area contributed by atoms with Crippen molar-refractivity contribution in [2.45, 2.75) is 31.6 Å². The summed E-state index contributed by atoms with van der Waals surface area (Å²) in [4.78, 5) is 0. The van der Waals surface area contributed by atoms with Crippen LogP contribution in [0.25, 0.3) is 0 Å². The number of rotatable bonds is 2. The lowest BCUT2D eigenvalue weighted by Gasteiger charge is -2.29. The highest BCUT2D eigenvalue weighted by Crippen LogP contribution is 2.37. The van der Waals surface area contributed by atoms with Gasteiger partial charge in [-0.2, -0.15) is 0 Å². The highest BCUT2D eigenvalue weighted by molar-refractivity contribution is 7.36. The Morgan fingerprint density at radius 3 is 2.73 bits per heavy atom. The van der Waals surface area contributed by atoms with Crippen LogP contribution in [0, 0.1) is 0 Å². The van der Waals surface area contributed by atoms with E-state index < -0.39 is 0 Å². The Hall–Kier alpha value is -0.325. The Morgan fingerprint density at radius 1 is 1.40 bits per heavy atom. The molecule has 1 aliphatic heterocycles. The fraction of sp³-hybridized carbons (Fsp3) is 0.500. The van der Waals surface area contributed by atoms with Crippen molar-refractivity contribution >= 4 is 16.6 Å². The Balaban J connectivity index is 2.42. The summed E-state index contributed by atoms with van der Waals surface area (Å²) in [6, 6.07) is 8.54. The Kier molecular flexibility index (Phi) is 3.18. The summed E-state index contributed by atoms with van der Waals surface area (Å²) in [5.74, 6) is 0.535. The molecule has 1 aromatic carbocycles. The van der Waals surface area contributed by atoms with E-state index in [1.54, 1.807) is 0 Å². The maximum atomic E-state index is 6.41. The molecule has 78 valence electrons. The average Bonchev–Trinajstić information content (AvgIpc) is 2.66. The van der Waals surface area contributed by atoms with Crippen molar-refractivity contribution in [1.82, 2.24) is 5.09 Å². The molecule has 1 nitrogen and oxygen atoms in total. The molecule has 1 fully saturated rings. The average molecular weight is 217 g/mol. The summed E-state index contributed by atoms with van der Waals surface area (Å²) in [5, 5.41) is 3.45. The predicted molar refractivity (Wildman–Crippen MR) is 68.9 cm³/mol. The largest absolute Gasteiger partial charge is 0.297 e. The maximum absolute atomic E-state index is 6.41. The van der Waals surface area contributed by atoms with Crippen LogP contribution in [0.5, 0.6) is 0 Å². The number of hydrogen-bond donors (Lipinski definition) is 1. The van der Waals surface area contributed by atoms with Crippen molar-refractivity contribution in [3.8, 4) is 0 Å². The van der Waals surface area contributed by atoms with E-state index in [4.69, 9.17) is 7.85 Å². The van der Waals surface area contributed by atoms with Gasteiger partial charge in [-0.15, -0.1) is 0 Å². The smallest absolute Gasteiger partial charge is 0.102 e.